The van der Waals surface area contributed by atoms with E-state index in [9.17, 15) is 9.59 Å². The van der Waals surface area contributed by atoms with Crippen molar-refractivity contribution in [1.29, 1.82) is 5.26 Å². The number of nitrogens with zero attached hydrogens (tertiary/aromatic N) is 2. The lowest BCUT2D eigenvalue weighted by molar-refractivity contribution is -0.147. The van der Waals surface area contributed by atoms with Gasteiger partial charge < -0.3 is 19.1 Å². The highest BCUT2D eigenvalue weighted by atomic mass is 16.6. The molecule has 0 saturated heterocycles. The predicted octanol–water partition coefficient (Wildman–Crippen LogP) is 2.88. The number of benzene rings is 2. The molecule has 0 aromatic heterocycles. The number of carbonyl (C=O) groups is 2. The number of ether oxygens (including phenoxy) is 3. The van der Waals surface area contributed by atoms with Gasteiger partial charge in [-0.2, -0.15) is 5.26 Å². The van der Waals surface area contributed by atoms with Crippen molar-refractivity contribution in [3.8, 4) is 17.6 Å². The Bertz CT molecular complexity index is 892. The molecule has 7 nitrogen and oxygen atoms in total. The summed E-state index contributed by atoms with van der Waals surface area (Å²) < 4.78 is 16.2. The minimum absolute atomic E-state index is 0.155. The highest BCUT2D eigenvalue weighted by Gasteiger charge is 2.20. The molecular formula is C22H22N2O5. The second kappa shape index (κ2) is 10.1. The van der Waals surface area contributed by atoms with Crippen LogP contribution in [0.1, 0.15) is 18.4 Å². The van der Waals surface area contributed by atoms with E-state index in [0.717, 1.165) is 5.56 Å². The second-order valence-electron chi connectivity index (χ2n) is 6.43. The van der Waals surface area contributed by atoms with Crippen molar-refractivity contribution in [2.75, 3.05) is 31.3 Å². The third-order valence-corrected chi connectivity index (χ3v) is 4.40. The highest BCUT2D eigenvalue weighted by Crippen LogP contribution is 2.34. The average molecular weight is 394 g/mol. The van der Waals surface area contributed by atoms with Gasteiger partial charge in [0.1, 0.15) is 13.2 Å². The van der Waals surface area contributed by atoms with Crippen LogP contribution in [0.5, 0.6) is 11.5 Å². The number of fused-ring (bicyclic) bond motifs is 1. The number of anilines is 1. The van der Waals surface area contributed by atoms with Gasteiger partial charge in [0, 0.05) is 24.7 Å². The molecule has 0 aliphatic carbocycles. The Balaban J connectivity index is 1.59. The molecule has 1 heterocycles. The topological polar surface area (TPSA) is 88.9 Å². The van der Waals surface area contributed by atoms with E-state index in [1.807, 2.05) is 36.4 Å². The van der Waals surface area contributed by atoms with Gasteiger partial charge in [0.15, 0.2) is 18.1 Å². The standard InChI is InChI=1S/C22H22N2O5/c23-11-4-12-24(18-8-9-19-20(15-18)28-14-13-27-19)21(25)16-29-22(26)10-7-17-5-2-1-3-6-17/h1-3,5-6,8-9,15H,4,7,10,12-14,16H2. The summed E-state index contributed by atoms with van der Waals surface area (Å²) in [4.78, 5) is 26.1. The summed E-state index contributed by atoms with van der Waals surface area (Å²) in [5.41, 5.74) is 1.59. The van der Waals surface area contributed by atoms with Crippen molar-refractivity contribution in [2.24, 2.45) is 0 Å². The van der Waals surface area contributed by atoms with E-state index in [-0.39, 0.29) is 26.0 Å². The van der Waals surface area contributed by atoms with Crippen LogP contribution in [0.15, 0.2) is 48.5 Å². The van der Waals surface area contributed by atoms with Crippen molar-refractivity contribution in [1.82, 2.24) is 0 Å². The third-order valence-electron chi connectivity index (χ3n) is 4.40. The van der Waals surface area contributed by atoms with Crippen LogP contribution in [0.2, 0.25) is 0 Å². The first-order chi connectivity index (χ1) is 14.2. The Kier molecular flexibility index (Phi) is 7.06. The lowest BCUT2D eigenvalue weighted by atomic mass is 10.1. The summed E-state index contributed by atoms with van der Waals surface area (Å²) in [5, 5.41) is 8.91. The molecule has 0 radical (unpaired) electrons. The van der Waals surface area contributed by atoms with Crippen molar-refractivity contribution in [2.45, 2.75) is 19.3 Å². The molecule has 0 unspecified atom stereocenters. The first kappa shape index (κ1) is 20.2. The third kappa shape index (κ3) is 5.72. The first-order valence-corrected chi connectivity index (χ1v) is 9.44. The number of rotatable bonds is 8. The quantitative estimate of drug-likeness (QED) is 0.640. The van der Waals surface area contributed by atoms with E-state index < -0.39 is 11.9 Å². The van der Waals surface area contributed by atoms with Crippen LogP contribution in [0.4, 0.5) is 5.69 Å². The van der Waals surface area contributed by atoms with Crippen LogP contribution in [-0.4, -0.2) is 38.2 Å². The lowest BCUT2D eigenvalue weighted by Crippen LogP contribution is -2.35. The van der Waals surface area contributed by atoms with E-state index in [0.29, 0.717) is 36.8 Å². The second-order valence-corrected chi connectivity index (χ2v) is 6.43. The lowest BCUT2D eigenvalue weighted by Gasteiger charge is -2.24. The van der Waals surface area contributed by atoms with Crippen molar-refractivity contribution in [3.63, 3.8) is 0 Å². The summed E-state index contributed by atoms with van der Waals surface area (Å²) in [7, 11) is 0. The largest absolute Gasteiger partial charge is 0.486 e. The SMILES string of the molecule is N#CCCN(C(=O)COC(=O)CCc1ccccc1)c1ccc2c(c1)OCCO2. The minimum atomic E-state index is -0.440. The summed E-state index contributed by atoms with van der Waals surface area (Å²) in [6, 6.07) is 16.8. The van der Waals surface area contributed by atoms with Crippen molar-refractivity contribution < 1.29 is 23.8 Å². The molecule has 2 aromatic rings. The zero-order valence-corrected chi connectivity index (χ0v) is 16.0. The van der Waals surface area contributed by atoms with Crippen molar-refractivity contribution >= 4 is 17.6 Å². The fraction of sp³-hybridized carbons (Fsp3) is 0.318. The average Bonchev–Trinajstić information content (AvgIpc) is 2.77. The van der Waals surface area contributed by atoms with E-state index >= 15 is 0 Å². The van der Waals surface area contributed by atoms with Gasteiger partial charge in [0.05, 0.1) is 12.5 Å². The maximum Gasteiger partial charge on any atom is 0.306 e. The van der Waals surface area contributed by atoms with E-state index in [1.54, 1.807) is 18.2 Å². The Morgan fingerprint density at radius 1 is 1.07 bits per heavy atom. The molecule has 2 aromatic carbocycles. The summed E-state index contributed by atoms with van der Waals surface area (Å²) in [6.45, 7) is 0.716. The monoisotopic (exact) mass is 394 g/mol. The Labute approximate surface area is 169 Å². The smallest absolute Gasteiger partial charge is 0.306 e. The van der Waals surface area contributed by atoms with Gasteiger partial charge in [-0.25, -0.2) is 0 Å². The van der Waals surface area contributed by atoms with Crippen LogP contribution in [0.3, 0.4) is 0 Å². The van der Waals surface area contributed by atoms with E-state index in [2.05, 4.69) is 0 Å². The molecule has 0 bridgehead atoms. The Morgan fingerprint density at radius 3 is 2.59 bits per heavy atom. The number of hydrogen-bond donors (Lipinski definition) is 0. The number of aryl methyl sites for hydroxylation is 1. The van der Waals surface area contributed by atoms with Crippen LogP contribution >= 0.6 is 0 Å². The molecule has 3 rings (SSSR count). The predicted molar refractivity (Wildman–Crippen MR) is 106 cm³/mol. The molecule has 0 N–H and O–H groups in total. The van der Waals surface area contributed by atoms with Gasteiger partial charge in [-0.15, -0.1) is 0 Å². The zero-order valence-electron chi connectivity index (χ0n) is 16.0. The number of carbonyl (C=O) groups excluding carboxylic acids is 2. The van der Waals surface area contributed by atoms with E-state index in [1.165, 1.54) is 4.90 Å². The number of amides is 1. The van der Waals surface area contributed by atoms with Gasteiger partial charge in [-0.05, 0) is 24.1 Å². The molecule has 29 heavy (non-hydrogen) atoms. The van der Waals surface area contributed by atoms with Gasteiger partial charge in [-0.1, -0.05) is 30.3 Å². The maximum absolute atomic E-state index is 12.7. The van der Waals surface area contributed by atoms with Crippen LogP contribution in [-0.2, 0) is 20.7 Å². The highest BCUT2D eigenvalue weighted by molar-refractivity contribution is 5.95. The molecular weight excluding hydrogens is 372 g/mol. The molecule has 1 amide bonds. The summed E-state index contributed by atoms with van der Waals surface area (Å²) in [6.07, 6.45) is 0.899. The number of hydrogen-bond acceptors (Lipinski definition) is 6. The fourth-order valence-corrected chi connectivity index (χ4v) is 2.94. The molecule has 0 fully saturated rings. The first-order valence-electron chi connectivity index (χ1n) is 9.44. The molecule has 7 heteroatoms. The van der Waals surface area contributed by atoms with Crippen LogP contribution < -0.4 is 14.4 Å². The molecule has 1 aliphatic rings. The van der Waals surface area contributed by atoms with Crippen molar-refractivity contribution in [3.05, 3.63) is 54.1 Å². The van der Waals surface area contributed by atoms with Gasteiger partial charge in [0.25, 0.3) is 5.91 Å². The molecule has 150 valence electrons. The molecule has 1 aliphatic heterocycles. The molecule has 0 saturated carbocycles. The normalized spacial score (nSPS) is 12.0. The number of esters is 1. The minimum Gasteiger partial charge on any atom is -0.486 e. The fourth-order valence-electron chi connectivity index (χ4n) is 2.94. The summed E-state index contributed by atoms with van der Waals surface area (Å²) in [5.74, 6) is 0.318. The molecule has 0 spiro atoms. The zero-order chi connectivity index (χ0) is 20.5. The maximum atomic E-state index is 12.7. The van der Waals surface area contributed by atoms with Gasteiger partial charge >= 0.3 is 5.97 Å². The van der Waals surface area contributed by atoms with Gasteiger partial charge in [0.2, 0.25) is 0 Å². The number of nitriles is 1. The molecule has 0 atom stereocenters. The Morgan fingerprint density at radius 2 is 1.83 bits per heavy atom. The summed E-state index contributed by atoms with van der Waals surface area (Å²) >= 11 is 0. The van der Waals surface area contributed by atoms with E-state index in [4.69, 9.17) is 19.5 Å². The van der Waals surface area contributed by atoms with Crippen LogP contribution in [0, 0.1) is 11.3 Å². The van der Waals surface area contributed by atoms with Gasteiger partial charge in [-0.3, -0.25) is 9.59 Å². The van der Waals surface area contributed by atoms with Crippen LogP contribution in [0.25, 0.3) is 0 Å². The Hall–Kier alpha value is -3.53.